The van der Waals surface area contributed by atoms with E-state index in [1.165, 1.54) is 47.8 Å². The number of hydrogen-bond acceptors (Lipinski definition) is 7. The van der Waals surface area contributed by atoms with Gasteiger partial charge in [-0.05, 0) is 30.3 Å². The van der Waals surface area contributed by atoms with E-state index in [2.05, 4.69) is 5.32 Å². The predicted octanol–water partition coefficient (Wildman–Crippen LogP) is 1.37. The van der Waals surface area contributed by atoms with Crippen LogP contribution in [0.25, 0.3) is 0 Å². The summed E-state index contributed by atoms with van der Waals surface area (Å²) in [4.78, 5) is 12.5. The molecule has 0 spiro atoms. The lowest BCUT2D eigenvalue weighted by Gasteiger charge is -2.26. The highest BCUT2D eigenvalue weighted by Crippen LogP contribution is 2.30. The molecule has 1 fully saturated rings. The standard InChI is InChI=1S/C19H22N2O7S2/c1-27-16-8-7-14(13-18(16)30(25,26)21-9-11-28-12-10-21)20-19(22)15-5-3-4-6-17(15)29(2,23)24/h3-8,13H,9-12H2,1-2H3,(H,20,22). The molecule has 2 aromatic carbocycles. The van der Waals surface area contributed by atoms with E-state index < -0.39 is 25.8 Å². The summed E-state index contributed by atoms with van der Waals surface area (Å²) < 4.78 is 61.7. The Morgan fingerprint density at radius 2 is 1.70 bits per heavy atom. The quantitative estimate of drug-likeness (QED) is 0.700. The lowest BCUT2D eigenvalue weighted by atomic mass is 10.2. The van der Waals surface area contributed by atoms with Gasteiger partial charge in [-0.25, -0.2) is 16.8 Å². The van der Waals surface area contributed by atoms with Crippen molar-refractivity contribution >= 4 is 31.5 Å². The maximum atomic E-state index is 13.1. The Kier molecular flexibility index (Phi) is 6.46. The molecule has 162 valence electrons. The average Bonchev–Trinajstić information content (AvgIpc) is 2.73. The van der Waals surface area contributed by atoms with Crippen LogP contribution in [0.3, 0.4) is 0 Å². The van der Waals surface area contributed by atoms with Crippen molar-refractivity contribution in [2.45, 2.75) is 9.79 Å². The molecule has 0 atom stereocenters. The number of sulfone groups is 1. The van der Waals surface area contributed by atoms with Crippen molar-refractivity contribution in [3.63, 3.8) is 0 Å². The molecule has 1 aliphatic heterocycles. The number of amides is 1. The molecule has 0 bridgehead atoms. The van der Waals surface area contributed by atoms with Crippen LogP contribution in [0.15, 0.2) is 52.3 Å². The van der Waals surface area contributed by atoms with Gasteiger partial charge >= 0.3 is 0 Å². The summed E-state index contributed by atoms with van der Waals surface area (Å²) in [7, 11) is -6.15. The number of sulfonamides is 1. The molecule has 2 aromatic rings. The molecular formula is C19H22N2O7S2. The summed E-state index contributed by atoms with van der Waals surface area (Å²) in [5, 5.41) is 2.57. The van der Waals surface area contributed by atoms with Crippen LogP contribution in [0.5, 0.6) is 5.75 Å². The van der Waals surface area contributed by atoms with Crippen molar-refractivity contribution in [1.29, 1.82) is 0 Å². The normalized spacial score (nSPS) is 15.5. The third kappa shape index (κ3) is 4.64. The van der Waals surface area contributed by atoms with Gasteiger partial charge in [-0.15, -0.1) is 0 Å². The van der Waals surface area contributed by atoms with Gasteiger partial charge in [-0.1, -0.05) is 12.1 Å². The summed E-state index contributed by atoms with van der Waals surface area (Å²) >= 11 is 0. The van der Waals surface area contributed by atoms with Gasteiger partial charge in [0.2, 0.25) is 10.0 Å². The fourth-order valence-corrected chi connectivity index (χ4v) is 5.53. The molecular weight excluding hydrogens is 432 g/mol. The molecule has 1 aliphatic rings. The van der Waals surface area contributed by atoms with Crippen LogP contribution in [-0.2, 0) is 24.6 Å². The minimum absolute atomic E-state index is 0.0339. The molecule has 11 heteroatoms. The van der Waals surface area contributed by atoms with E-state index in [-0.39, 0.29) is 39.9 Å². The van der Waals surface area contributed by atoms with Crippen LogP contribution in [0.4, 0.5) is 5.69 Å². The Bertz CT molecular complexity index is 1160. The van der Waals surface area contributed by atoms with Gasteiger partial charge in [0, 0.05) is 25.0 Å². The highest BCUT2D eigenvalue weighted by molar-refractivity contribution is 7.90. The molecule has 0 saturated carbocycles. The molecule has 1 heterocycles. The number of anilines is 1. The summed E-state index contributed by atoms with van der Waals surface area (Å²) in [6.45, 7) is 1.01. The molecule has 0 radical (unpaired) electrons. The van der Waals surface area contributed by atoms with E-state index in [0.29, 0.717) is 13.2 Å². The zero-order chi connectivity index (χ0) is 21.9. The van der Waals surface area contributed by atoms with E-state index in [1.807, 2.05) is 0 Å². The summed E-state index contributed by atoms with van der Waals surface area (Å²) in [6, 6.07) is 10.0. The van der Waals surface area contributed by atoms with Crippen molar-refractivity contribution in [1.82, 2.24) is 4.31 Å². The molecule has 1 amide bonds. The number of nitrogens with zero attached hydrogens (tertiary/aromatic N) is 1. The second-order valence-corrected chi connectivity index (χ2v) is 10.5. The third-order valence-electron chi connectivity index (χ3n) is 4.54. The van der Waals surface area contributed by atoms with Gasteiger partial charge in [-0.2, -0.15) is 4.31 Å². The minimum atomic E-state index is -3.88. The number of nitrogens with one attached hydrogen (secondary N) is 1. The first kappa shape index (κ1) is 22.2. The summed E-state index contributed by atoms with van der Waals surface area (Å²) in [6.07, 6.45) is 1.01. The predicted molar refractivity (Wildman–Crippen MR) is 110 cm³/mol. The molecule has 1 N–H and O–H groups in total. The number of carbonyl (C=O) groups excluding carboxylic acids is 1. The van der Waals surface area contributed by atoms with Crippen molar-refractivity contribution < 1.29 is 31.1 Å². The summed E-state index contributed by atoms with van der Waals surface area (Å²) in [5.41, 5.74) is 0.157. The Hall–Kier alpha value is -2.47. The molecule has 0 aromatic heterocycles. The largest absolute Gasteiger partial charge is 0.495 e. The average molecular weight is 455 g/mol. The van der Waals surface area contributed by atoms with Crippen LogP contribution in [0, 0.1) is 0 Å². The molecule has 1 saturated heterocycles. The maximum absolute atomic E-state index is 13.1. The van der Waals surface area contributed by atoms with Crippen molar-refractivity contribution in [3.05, 3.63) is 48.0 Å². The molecule has 3 rings (SSSR count). The topological polar surface area (TPSA) is 119 Å². The van der Waals surface area contributed by atoms with Crippen LogP contribution in [0.2, 0.25) is 0 Å². The number of methoxy groups -OCH3 is 1. The van der Waals surface area contributed by atoms with E-state index in [0.717, 1.165) is 6.26 Å². The fraction of sp³-hybridized carbons (Fsp3) is 0.316. The zero-order valence-corrected chi connectivity index (χ0v) is 18.1. The molecule has 30 heavy (non-hydrogen) atoms. The first-order valence-corrected chi connectivity index (χ1v) is 12.3. The number of hydrogen-bond donors (Lipinski definition) is 1. The molecule has 0 aliphatic carbocycles. The van der Waals surface area contributed by atoms with Crippen LogP contribution < -0.4 is 10.1 Å². The Labute approximate surface area is 175 Å². The van der Waals surface area contributed by atoms with Gasteiger partial charge < -0.3 is 14.8 Å². The van der Waals surface area contributed by atoms with E-state index in [9.17, 15) is 21.6 Å². The van der Waals surface area contributed by atoms with Gasteiger partial charge in [0.25, 0.3) is 5.91 Å². The van der Waals surface area contributed by atoms with Gasteiger partial charge in [0.1, 0.15) is 10.6 Å². The lowest BCUT2D eigenvalue weighted by molar-refractivity contribution is 0.0729. The minimum Gasteiger partial charge on any atom is -0.495 e. The van der Waals surface area contributed by atoms with E-state index >= 15 is 0 Å². The number of benzene rings is 2. The smallest absolute Gasteiger partial charge is 0.256 e. The highest BCUT2D eigenvalue weighted by Gasteiger charge is 2.30. The maximum Gasteiger partial charge on any atom is 0.256 e. The first-order valence-electron chi connectivity index (χ1n) is 9.01. The first-order chi connectivity index (χ1) is 14.1. The van der Waals surface area contributed by atoms with Gasteiger partial charge in [0.05, 0.1) is 30.8 Å². The second kappa shape index (κ2) is 8.72. The molecule has 0 unspecified atom stereocenters. The SMILES string of the molecule is COc1ccc(NC(=O)c2ccccc2S(C)(=O)=O)cc1S(=O)(=O)N1CCOCC1. The van der Waals surface area contributed by atoms with Crippen molar-refractivity contribution in [3.8, 4) is 5.75 Å². The Morgan fingerprint density at radius 1 is 1.03 bits per heavy atom. The second-order valence-electron chi connectivity index (χ2n) is 6.60. The van der Waals surface area contributed by atoms with Gasteiger partial charge in [-0.3, -0.25) is 4.79 Å². The van der Waals surface area contributed by atoms with E-state index in [1.54, 1.807) is 6.07 Å². The van der Waals surface area contributed by atoms with Crippen molar-refractivity contribution in [2.75, 3.05) is 45.0 Å². The Balaban J connectivity index is 1.96. The number of carbonyl (C=O) groups is 1. The number of morpholine rings is 1. The Morgan fingerprint density at radius 3 is 2.33 bits per heavy atom. The van der Waals surface area contributed by atoms with Gasteiger partial charge in [0.15, 0.2) is 9.84 Å². The van der Waals surface area contributed by atoms with Crippen LogP contribution in [-0.4, -0.2) is 66.7 Å². The zero-order valence-electron chi connectivity index (χ0n) is 16.5. The van der Waals surface area contributed by atoms with E-state index in [4.69, 9.17) is 9.47 Å². The summed E-state index contributed by atoms with van der Waals surface area (Å²) in [5.74, 6) is -0.535. The monoisotopic (exact) mass is 454 g/mol. The number of ether oxygens (including phenoxy) is 2. The third-order valence-corrected chi connectivity index (χ3v) is 7.62. The number of rotatable bonds is 6. The lowest BCUT2D eigenvalue weighted by Crippen LogP contribution is -2.40. The fourth-order valence-electron chi connectivity index (χ4n) is 3.06. The van der Waals surface area contributed by atoms with Crippen molar-refractivity contribution in [2.24, 2.45) is 0 Å². The molecule has 9 nitrogen and oxygen atoms in total. The van der Waals surface area contributed by atoms with Crippen LogP contribution in [0.1, 0.15) is 10.4 Å². The van der Waals surface area contributed by atoms with Crippen LogP contribution >= 0.6 is 0 Å². The highest BCUT2D eigenvalue weighted by atomic mass is 32.2.